The van der Waals surface area contributed by atoms with Crippen molar-refractivity contribution in [3.05, 3.63) is 81.5 Å². The summed E-state index contributed by atoms with van der Waals surface area (Å²) in [5.74, 6) is -0.907. The predicted molar refractivity (Wildman–Crippen MR) is 127 cm³/mol. The van der Waals surface area contributed by atoms with Crippen LogP contribution in [0.15, 0.2) is 64.5 Å². The molecule has 10 heteroatoms. The number of anilines is 1. The number of aryl methyl sites for hydroxylation is 1. The number of halogens is 2. The van der Waals surface area contributed by atoms with E-state index in [4.69, 9.17) is 11.6 Å². The third-order valence-electron chi connectivity index (χ3n) is 4.31. The number of nitrogens with zero attached hydrogens (tertiary/aromatic N) is 2. The molecular formula is C22H16ClFN4O2S2. The Morgan fingerprint density at radius 1 is 1.19 bits per heavy atom. The molecule has 0 saturated carbocycles. The van der Waals surface area contributed by atoms with Crippen LogP contribution in [0.3, 0.4) is 0 Å². The molecule has 0 atom stereocenters. The largest absolute Gasteiger partial charge is 0.325 e. The third-order valence-corrected chi connectivity index (χ3v) is 6.71. The fourth-order valence-corrected chi connectivity index (χ4v) is 4.75. The van der Waals surface area contributed by atoms with Gasteiger partial charge in [0.15, 0.2) is 5.16 Å². The zero-order valence-corrected chi connectivity index (χ0v) is 19.1. The van der Waals surface area contributed by atoms with Crippen LogP contribution in [0.2, 0.25) is 5.02 Å². The van der Waals surface area contributed by atoms with Crippen LogP contribution in [0.1, 0.15) is 5.69 Å². The molecule has 1 amide bonds. The number of hydrogen-bond donors (Lipinski definition) is 2. The smallest absolute Gasteiger partial charge is 0.252 e. The molecule has 0 spiro atoms. The lowest BCUT2D eigenvalue weighted by molar-refractivity contribution is -0.113. The summed E-state index contributed by atoms with van der Waals surface area (Å²) in [5, 5.41) is 3.71. The lowest BCUT2D eigenvalue weighted by Gasteiger charge is -2.06. The van der Waals surface area contributed by atoms with Gasteiger partial charge in [0.1, 0.15) is 10.8 Å². The summed E-state index contributed by atoms with van der Waals surface area (Å²) >= 11 is 8.27. The van der Waals surface area contributed by atoms with Crippen molar-refractivity contribution >= 4 is 46.3 Å². The van der Waals surface area contributed by atoms with Gasteiger partial charge in [0.05, 0.1) is 27.0 Å². The van der Waals surface area contributed by atoms with Gasteiger partial charge in [-0.3, -0.25) is 9.59 Å². The molecule has 2 aromatic carbocycles. The molecule has 4 aromatic rings. The number of amides is 1. The molecule has 32 heavy (non-hydrogen) atoms. The minimum absolute atomic E-state index is 0.00166. The first kappa shape index (κ1) is 22.2. The highest BCUT2D eigenvalue weighted by atomic mass is 35.5. The van der Waals surface area contributed by atoms with Gasteiger partial charge in [0.2, 0.25) is 5.91 Å². The number of H-pyrrole nitrogens is 1. The molecule has 2 aromatic heterocycles. The fourth-order valence-electron chi connectivity index (χ4n) is 2.86. The topological polar surface area (TPSA) is 87.7 Å². The standard InChI is InChI=1S/C22H16ClFN4O2S2/c1-12-20(32-21(25-12)13-5-3-2-4-6-13)17-10-18(29)28-22(27-17)31-11-19(30)26-14-7-8-16(24)15(23)9-14/h2-10H,11H2,1H3,(H,26,30)(H,27,28,29). The van der Waals surface area contributed by atoms with Crippen LogP contribution in [0.4, 0.5) is 10.1 Å². The van der Waals surface area contributed by atoms with Gasteiger partial charge in [-0.25, -0.2) is 14.4 Å². The minimum atomic E-state index is -0.564. The minimum Gasteiger partial charge on any atom is -0.325 e. The number of rotatable bonds is 6. The molecule has 0 unspecified atom stereocenters. The highest BCUT2D eigenvalue weighted by Crippen LogP contribution is 2.34. The van der Waals surface area contributed by atoms with Crippen LogP contribution in [-0.2, 0) is 4.79 Å². The Hall–Kier alpha value is -3.01. The van der Waals surface area contributed by atoms with Crippen molar-refractivity contribution in [2.24, 2.45) is 0 Å². The van der Waals surface area contributed by atoms with Crippen LogP contribution in [-0.4, -0.2) is 26.6 Å². The second kappa shape index (κ2) is 9.64. The second-order valence-corrected chi connectivity index (χ2v) is 9.07. The lowest BCUT2D eigenvalue weighted by atomic mass is 10.2. The number of hydrogen-bond acceptors (Lipinski definition) is 6. The zero-order valence-electron chi connectivity index (χ0n) is 16.7. The Balaban J connectivity index is 1.50. The molecule has 0 aliphatic heterocycles. The number of carbonyl (C=O) groups is 1. The van der Waals surface area contributed by atoms with Crippen LogP contribution < -0.4 is 10.9 Å². The normalized spacial score (nSPS) is 10.8. The maximum Gasteiger partial charge on any atom is 0.252 e. The van der Waals surface area contributed by atoms with Gasteiger partial charge >= 0.3 is 0 Å². The molecule has 2 N–H and O–H groups in total. The van der Waals surface area contributed by atoms with Crippen LogP contribution >= 0.6 is 34.7 Å². The van der Waals surface area contributed by atoms with E-state index in [0.29, 0.717) is 16.5 Å². The average molecular weight is 487 g/mol. The molecule has 0 radical (unpaired) electrons. The van der Waals surface area contributed by atoms with Gasteiger partial charge in [-0.05, 0) is 25.1 Å². The summed E-state index contributed by atoms with van der Waals surface area (Å²) in [6.45, 7) is 1.87. The molecule has 0 saturated heterocycles. The quantitative estimate of drug-likeness (QED) is 0.282. The zero-order chi connectivity index (χ0) is 22.7. The number of benzene rings is 2. The Bertz CT molecular complexity index is 1340. The van der Waals surface area contributed by atoms with Gasteiger partial charge in [-0.15, -0.1) is 11.3 Å². The highest BCUT2D eigenvalue weighted by molar-refractivity contribution is 7.99. The number of thioether (sulfide) groups is 1. The molecule has 0 fully saturated rings. The number of aromatic nitrogens is 3. The number of aromatic amines is 1. The van der Waals surface area contributed by atoms with Crippen LogP contribution in [0.25, 0.3) is 21.1 Å². The second-order valence-electron chi connectivity index (χ2n) is 6.70. The van der Waals surface area contributed by atoms with Crippen molar-refractivity contribution < 1.29 is 9.18 Å². The lowest BCUT2D eigenvalue weighted by Crippen LogP contribution is -2.15. The van der Waals surface area contributed by atoms with E-state index in [-0.39, 0.29) is 22.2 Å². The van der Waals surface area contributed by atoms with E-state index in [2.05, 4.69) is 20.3 Å². The van der Waals surface area contributed by atoms with Crippen molar-refractivity contribution in [1.82, 2.24) is 15.0 Å². The van der Waals surface area contributed by atoms with E-state index in [0.717, 1.165) is 32.9 Å². The molecular weight excluding hydrogens is 471 g/mol. The molecule has 2 heterocycles. The summed E-state index contributed by atoms with van der Waals surface area (Å²) < 4.78 is 13.3. The van der Waals surface area contributed by atoms with Crippen LogP contribution in [0, 0.1) is 12.7 Å². The fraction of sp³-hybridized carbons (Fsp3) is 0.0909. The van der Waals surface area contributed by atoms with Crippen molar-refractivity contribution in [2.45, 2.75) is 12.1 Å². The maximum absolute atomic E-state index is 13.3. The summed E-state index contributed by atoms with van der Waals surface area (Å²) in [4.78, 5) is 37.0. The van der Waals surface area contributed by atoms with E-state index in [1.807, 2.05) is 37.3 Å². The van der Waals surface area contributed by atoms with Crippen molar-refractivity contribution in [3.63, 3.8) is 0 Å². The third kappa shape index (κ3) is 5.24. The van der Waals surface area contributed by atoms with Gasteiger partial charge in [0.25, 0.3) is 5.56 Å². The molecule has 0 aliphatic rings. The first-order valence-electron chi connectivity index (χ1n) is 9.41. The van der Waals surface area contributed by atoms with Gasteiger partial charge in [-0.1, -0.05) is 53.7 Å². The van der Waals surface area contributed by atoms with E-state index in [1.165, 1.54) is 35.6 Å². The molecule has 0 bridgehead atoms. The molecule has 162 valence electrons. The van der Waals surface area contributed by atoms with Gasteiger partial charge in [-0.2, -0.15) is 0 Å². The summed E-state index contributed by atoms with van der Waals surface area (Å²) in [5.41, 5.74) is 2.32. The van der Waals surface area contributed by atoms with Crippen molar-refractivity contribution in [2.75, 3.05) is 11.1 Å². The molecule has 4 rings (SSSR count). The van der Waals surface area contributed by atoms with Crippen LogP contribution in [0.5, 0.6) is 0 Å². The van der Waals surface area contributed by atoms with Gasteiger partial charge < -0.3 is 10.3 Å². The summed E-state index contributed by atoms with van der Waals surface area (Å²) in [6.07, 6.45) is 0. The van der Waals surface area contributed by atoms with Gasteiger partial charge in [0, 0.05) is 17.3 Å². The Morgan fingerprint density at radius 2 is 1.97 bits per heavy atom. The predicted octanol–water partition coefficient (Wildman–Crippen LogP) is 5.39. The van der Waals surface area contributed by atoms with Crippen molar-refractivity contribution in [1.29, 1.82) is 0 Å². The monoisotopic (exact) mass is 486 g/mol. The average Bonchev–Trinajstić information content (AvgIpc) is 3.17. The highest BCUT2D eigenvalue weighted by Gasteiger charge is 2.15. The number of nitrogens with one attached hydrogen (secondary N) is 2. The summed E-state index contributed by atoms with van der Waals surface area (Å²) in [7, 11) is 0. The number of thiazole rings is 1. The van der Waals surface area contributed by atoms with E-state index >= 15 is 0 Å². The number of carbonyl (C=O) groups excluding carboxylic acids is 1. The molecule has 6 nitrogen and oxygen atoms in total. The first-order chi connectivity index (χ1) is 15.4. The van der Waals surface area contributed by atoms with E-state index < -0.39 is 5.82 Å². The SMILES string of the molecule is Cc1nc(-c2ccccc2)sc1-c1cc(=O)[nH]c(SCC(=O)Nc2ccc(F)c(Cl)c2)n1. The molecule has 0 aliphatic carbocycles. The Labute approximate surface area is 195 Å². The van der Waals surface area contributed by atoms with E-state index in [9.17, 15) is 14.0 Å². The van der Waals surface area contributed by atoms with Crippen molar-refractivity contribution in [3.8, 4) is 21.1 Å². The Kier molecular flexibility index (Phi) is 6.69. The summed E-state index contributed by atoms with van der Waals surface area (Å²) in [6, 6.07) is 15.1. The van der Waals surface area contributed by atoms with E-state index in [1.54, 1.807) is 0 Å². The first-order valence-corrected chi connectivity index (χ1v) is 11.6. The Morgan fingerprint density at radius 3 is 2.72 bits per heavy atom. The maximum atomic E-state index is 13.3.